The van der Waals surface area contributed by atoms with Crippen molar-refractivity contribution in [2.45, 2.75) is 52.0 Å². The summed E-state index contributed by atoms with van der Waals surface area (Å²) in [4.78, 5) is 14.4. The minimum absolute atomic E-state index is 0.139. The zero-order valence-corrected chi connectivity index (χ0v) is 13.9. The Kier molecular flexibility index (Phi) is 5.45. The molecule has 4 heteroatoms. The third-order valence-electron chi connectivity index (χ3n) is 4.70. The number of carbonyl (C=O) groups is 1. The van der Waals surface area contributed by atoms with Crippen LogP contribution in [0.1, 0.15) is 59.9 Å². The standard InChI is InChI=1S/C17H29N3O/c1-13-12-16(17(21)19(4)11-10-18-3)14(2)20(13)15-8-6-5-7-9-15/h12,15,18H,5-11H2,1-4H3. The molecule has 0 radical (unpaired) electrons. The third kappa shape index (κ3) is 3.49. The molecule has 1 N–H and O–H groups in total. The Morgan fingerprint density at radius 3 is 2.62 bits per heavy atom. The summed E-state index contributed by atoms with van der Waals surface area (Å²) in [5.41, 5.74) is 3.24. The van der Waals surface area contributed by atoms with E-state index >= 15 is 0 Å². The monoisotopic (exact) mass is 291 g/mol. The fourth-order valence-corrected chi connectivity index (χ4v) is 3.48. The summed E-state index contributed by atoms with van der Waals surface area (Å²) in [6, 6.07) is 2.66. The van der Waals surface area contributed by atoms with Crippen LogP contribution < -0.4 is 5.32 Å². The van der Waals surface area contributed by atoms with Gasteiger partial charge in [0.15, 0.2) is 0 Å². The van der Waals surface area contributed by atoms with Gasteiger partial charge in [0.25, 0.3) is 5.91 Å². The van der Waals surface area contributed by atoms with Gasteiger partial charge in [-0.2, -0.15) is 0 Å². The molecular weight excluding hydrogens is 262 g/mol. The lowest BCUT2D eigenvalue weighted by Crippen LogP contribution is -2.33. The molecule has 21 heavy (non-hydrogen) atoms. The average molecular weight is 291 g/mol. The van der Waals surface area contributed by atoms with Gasteiger partial charge in [0, 0.05) is 37.6 Å². The first-order valence-electron chi connectivity index (χ1n) is 8.14. The summed E-state index contributed by atoms with van der Waals surface area (Å²) in [7, 11) is 3.79. The maximum absolute atomic E-state index is 12.6. The lowest BCUT2D eigenvalue weighted by Gasteiger charge is -2.26. The van der Waals surface area contributed by atoms with Crippen molar-refractivity contribution < 1.29 is 4.79 Å². The first-order chi connectivity index (χ1) is 10.1. The number of likely N-dealkylation sites (N-methyl/N-ethyl adjacent to an activating group) is 2. The van der Waals surface area contributed by atoms with Gasteiger partial charge >= 0.3 is 0 Å². The Balaban J connectivity index is 2.19. The van der Waals surface area contributed by atoms with Crippen LogP contribution in [0.2, 0.25) is 0 Å². The van der Waals surface area contributed by atoms with Crippen LogP contribution in [0, 0.1) is 13.8 Å². The number of aromatic nitrogens is 1. The van der Waals surface area contributed by atoms with Gasteiger partial charge < -0.3 is 14.8 Å². The van der Waals surface area contributed by atoms with Crippen LogP contribution in [0.15, 0.2) is 6.07 Å². The molecule has 0 atom stereocenters. The minimum atomic E-state index is 0.139. The quantitative estimate of drug-likeness (QED) is 0.905. The summed E-state index contributed by atoms with van der Waals surface area (Å²) in [6.45, 7) is 5.79. The molecule has 0 saturated heterocycles. The lowest BCUT2D eigenvalue weighted by molar-refractivity contribution is 0.0796. The van der Waals surface area contributed by atoms with Crippen LogP contribution in [-0.4, -0.2) is 42.6 Å². The van der Waals surface area contributed by atoms with Gasteiger partial charge in [-0.3, -0.25) is 4.79 Å². The van der Waals surface area contributed by atoms with Crippen molar-refractivity contribution in [1.29, 1.82) is 0 Å². The van der Waals surface area contributed by atoms with Crippen LogP contribution in [0.3, 0.4) is 0 Å². The van der Waals surface area contributed by atoms with Crippen molar-refractivity contribution >= 4 is 5.91 Å². The highest BCUT2D eigenvalue weighted by Crippen LogP contribution is 2.32. The Morgan fingerprint density at radius 1 is 1.33 bits per heavy atom. The summed E-state index contributed by atoms with van der Waals surface area (Å²) < 4.78 is 2.40. The second-order valence-corrected chi connectivity index (χ2v) is 6.28. The van der Waals surface area contributed by atoms with Gasteiger partial charge in [-0.25, -0.2) is 0 Å². The molecule has 1 heterocycles. The highest BCUT2D eigenvalue weighted by atomic mass is 16.2. The molecule has 1 aromatic heterocycles. The Labute approximate surface area is 128 Å². The second kappa shape index (κ2) is 7.12. The van der Waals surface area contributed by atoms with Crippen LogP contribution in [0.25, 0.3) is 0 Å². The zero-order chi connectivity index (χ0) is 15.4. The van der Waals surface area contributed by atoms with Crippen molar-refractivity contribution in [3.63, 3.8) is 0 Å². The summed E-state index contributed by atoms with van der Waals surface area (Å²) in [5, 5.41) is 3.09. The number of carbonyl (C=O) groups excluding carboxylic acids is 1. The van der Waals surface area contributed by atoms with Crippen LogP contribution in [-0.2, 0) is 0 Å². The highest BCUT2D eigenvalue weighted by molar-refractivity contribution is 5.95. The Hall–Kier alpha value is -1.29. The Morgan fingerprint density at radius 2 is 2.00 bits per heavy atom. The molecule has 1 saturated carbocycles. The summed E-state index contributed by atoms with van der Waals surface area (Å²) >= 11 is 0. The van der Waals surface area contributed by atoms with E-state index in [0.29, 0.717) is 6.04 Å². The highest BCUT2D eigenvalue weighted by Gasteiger charge is 2.23. The van der Waals surface area contributed by atoms with E-state index in [1.165, 1.54) is 37.8 Å². The van der Waals surface area contributed by atoms with Gasteiger partial charge in [-0.05, 0) is 39.8 Å². The molecule has 1 aliphatic rings. The van der Waals surface area contributed by atoms with Crippen LogP contribution >= 0.6 is 0 Å². The van der Waals surface area contributed by atoms with E-state index in [-0.39, 0.29) is 5.91 Å². The molecule has 1 aromatic rings. The molecule has 0 bridgehead atoms. The van der Waals surface area contributed by atoms with Crippen LogP contribution in [0.5, 0.6) is 0 Å². The lowest BCUT2D eigenvalue weighted by atomic mass is 9.95. The number of rotatable bonds is 5. The molecule has 0 aliphatic heterocycles. The first-order valence-corrected chi connectivity index (χ1v) is 8.14. The van der Waals surface area contributed by atoms with Gasteiger partial charge in [0.2, 0.25) is 0 Å². The predicted octanol–water partition coefficient (Wildman–Crippen LogP) is 2.90. The van der Waals surface area contributed by atoms with Crippen molar-refractivity contribution in [2.75, 3.05) is 27.2 Å². The largest absolute Gasteiger partial charge is 0.345 e. The normalized spacial score (nSPS) is 16.2. The molecular formula is C17H29N3O. The number of aryl methyl sites for hydroxylation is 1. The SMILES string of the molecule is CNCCN(C)C(=O)c1cc(C)n(C2CCCCC2)c1C. The van der Waals surface area contributed by atoms with E-state index in [1.54, 1.807) is 0 Å². The summed E-state index contributed by atoms with van der Waals surface area (Å²) in [5.74, 6) is 0.139. The van der Waals surface area contributed by atoms with Crippen LogP contribution in [0.4, 0.5) is 0 Å². The second-order valence-electron chi connectivity index (χ2n) is 6.28. The number of hydrogen-bond acceptors (Lipinski definition) is 2. The smallest absolute Gasteiger partial charge is 0.255 e. The van der Waals surface area contributed by atoms with E-state index < -0.39 is 0 Å². The molecule has 1 fully saturated rings. The molecule has 0 unspecified atom stereocenters. The molecule has 2 rings (SSSR count). The minimum Gasteiger partial charge on any atom is -0.345 e. The maximum Gasteiger partial charge on any atom is 0.255 e. The predicted molar refractivity (Wildman–Crippen MR) is 86.9 cm³/mol. The number of amides is 1. The van der Waals surface area contributed by atoms with Crippen molar-refractivity contribution in [3.8, 4) is 0 Å². The number of hydrogen-bond donors (Lipinski definition) is 1. The fraction of sp³-hybridized carbons (Fsp3) is 0.706. The topological polar surface area (TPSA) is 37.3 Å². The molecule has 0 aromatic carbocycles. The maximum atomic E-state index is 12.6. The third-order valence-corrected chi connectivity index (χ3v) is 4.70. The van der Waals surface area contributed by atoms with E-state index in [9.17, 15) is 4.79 Å². The van der Waals surface area contributed by atoms with Gasteiger partial charge in [-0.15, -0.1) is 0 Å². The molecule has 4 nitrogen and oxygen atoms in total. The zero-order valence-electron chi connectivity index (χ0n) is 13.9. The number of nitrogens with one attached hydrogen (secondary N) is 1. The van der Waals surface area contributed by atoms with Gasteiger partial charge in [0.1, 0.15) is 0 Å². The van der Waals surface area contributed by atoms with Gasteiger partial charge in [0.05, 0.1) is 5.56 Å². The molecule has 1 aliphatic carbocycles. The van der Waals surface area contributed by atoms with E-state index in [1.807, 2.05) is 19.0 Å². The first kappa shape index (κ1) is 16.1. The summed E-state index contributed by atoms with van der Waals surface area (Å²) in [6.07, 6.45) is 6.48. The molecule has 0 spiro atoms. The van der Waals surface area contributed by atoms with Crippen molar-refractivity contribution in [2.24, 2.45) is 0 Å². The molecule has 118 valence electrons. The van der Waals surface area contributed by atoms with E-state index in [4.69, 9.17) is 0 Å². The Bertz CT molecular complexity index is 486. The fourth-order valence-electron chi connectivity index (χ4n) is 3.48. The van der Waals surface area contributed by atoms with Crippen molar-refractivity contribution in [1.82, 2.24) is 14.8 Å². The number of nitrogens with zero attached hydrogens (tertiary/aromatic N) is 2. The van der Waals surface area contributed by atoms with E-state index in [0.717, 1.165) is 24.3 Å². The average Bonchev–Trinajstić information content (AvgIpc) is 2.79. The van der Waals surface area contributed by atoms with Gasteiger partial charge in [-0.1, -0.05) is 19.3 Å². The van der Waals surface area contributed by atoms with Crippen molar-refractivity contribution in [3.05, 3.63) is 23.0 Å². The van der Waals surface area contributed by atoms with E-state index in [2.05, 4.69) is 29.8 Å². The molecule has 1 amide bonds.